The van der Waals surface area contributed by atoms with E-state index < -0.39 is 5.60 Å². The molecule has 0 saturated heterocycles. The molecule has 1 N–H and O–H groups in total. The zero-order valence-corrected chi connectivity index (χ0v) is 11.9. The molecule has 100 valence electrons. The molecule has 0 bridgehead atoms. The molecule has 17 heavy (non-hydrogen) atoms. The van der Waals surface area contributed by atoms with E-state index in [1.165, 1.54) is 0 Å². The molecule has 0 amide bonds. The fraction of sp³-hybridized carbons (Fsp3) is 0.929. The summed E-state index contributed by atoms with van der Waals surface area (Å²) in [6.45, 7) is 8.25. The fourth-order valence-corrected chi connectivity index (χ4v) is 2.97. The molecule has 3 heteroatoms. The van der Waals surface area contributed by atoms with Crippen LogP contribution in [-0.4, -0.2) is 30.6 Å². The lowest BCUT2D eigenvalue weighted by molar-refractivity contribution is -0.144. The molecule has 0 aromatic heterocycles. The average molecular weight is 241 g/mol. The normalized spacial score (nSPS) is 31.5. The van der Waals surface area contributed by atoms with Crippen LogP contribution in [-0.2, 0) is 9.53 Å². The summed E-state index contributed by atoms with van der Waals surface area (Å²) in [6.07, 6.45) is 3.89. The van der Waals surface area contributed by atoms with Crippen molar-refractivity contribution in [2.75, 3.05) is 7.11 Å². The van der Waals surface area contributed by atoms with Crippen molar-refractivity contribution in [3.8, 4) is 0 Å². The molecular formula is C14H27NO2. The summed E-state index contributed by atoms with van der Waals surface area (Å²) in [5.74, 6) is 0.850. The van der Waals surface area contributed by atoms with Gasteiger partial charge in [0.1, 0.15) is 5.60 Å². The number of hydrogen-bond donors (Lipinski definition) is 1. The van der Waals surface area contributed by atoms with Crippen LogP contribution in [0.4, 0.5) is 0 Å². The summed E-state index contributed by atoms with van der Waals surface area (Å²) < 4.78 is 5.48. The quantitative estimate of drug-likeness (QED) is 0.804. The maximum absolute atomic E-state index is 11.7. The predicted octanol–water partition coefficient (Wildman–Crippen LogP) is 2.54. The lowest BCUT2D eigenvalue weighted by atomic mass is 9.74. The molecular weight excluding hydrogens is 214 g/mol. The van der Waals surface area contributed by atoms with E-state index in [0.717, 1.165) is 25.7 Å². The molecule has 1 atom stereocenters. The first kappa shape index (κ1) is 14.7. The van der Waals surface area contributed by atoms with Gasteiger partial charge in [-0.1, -0.05) is 13.8 Å². The zero-order valence-electron chi connectivity index (χ0n) is 11.9. The number of methoxy groups -OCH3 is 1. The maximum atomic E-state index is 11.7. The Morgan fingerprint density at radius 1 is 1.29 bits per heavy atom. The van der Waals surface area contributed by atoms with Crippen molar-refractivity contribution in [2.45, 2.75) is 71.1 Å². The molecule has 0 aliphatic heterocycles. The number of ketones is 1. The van der Waals surface area contributed by atoms with E-state index in [0.29, 0.717) is 18.0 Å². The van der Waals surface area contributed by atoms with Gasteiger partial charge in [-0.25, -0.2) is 0 Å². The number of rotatable bonds is 5. The van der Waals surface area contributed by atoms with Gasteiger partial charge in [0.25, 0.3) is 0 Å². The van der Waals surface area contributed by atoms with E-state index in [9.17, 15) is 4.79 Å². The SMILES string of the molecule is COC1(C(C)=O)CCC(C(C)NC(C)C)CC1. The van der Waals surface area contributed by atoms with Gasteiger partial charge in [0.15, 0.2) is 5.78 Å². The summed E-state index contributed by atoms with van der Waals surface area (Å²) in [5.41, 5.74) is -0.492. The standard InChI is InChI=1S/C14H27NO2/c1-10(2)15-11(3)13-6-8-14(17-5,9-7-13)12(4)16/h10-11,13,15H,6-9H2,1-5H3. The van der Waals surface area contributed by atoms with Crippen LogP contribution >= 0.6 is 0 Å². The van der Waals surface area contributed by atoms with Gasteiger partial charge in [0.2, 0.25) is 0 Å². The summed E-state index contributed by atoms with van der Waals surface area (Å²) in [5, 5.41) is 3.56. The van der Waals surface area contributed by atoms with Crippen LogP contribution in [0.5, 0.6) is 0 Å². The van der Waals surface area contributed by atoms with Crippen molar-refractivity contribution < 1.29 is 9.53 Å². The number of Topliss-reactive ketones (excluding diaryl/α,β-unsaturated/α-hetero) is 1. The molecule has 0 radical (unpaired) electrons. The Bertz CT molecular complexity index is 255. The van der Waals surface area contributed by atoms with Crippen LogP contribution in [0.25, 0.3) is 0 Å². The zero-order chi connectivity index (χ0) is 13.1. The highest BCUT2D eigenvalue weighted by Crippen LogP contribution is 2.36. The number of carbonyl (C=O) groups excluding carboxylic acids is 1. The summed E-state index contributed by atoms with van der Waals surface area (Å²) >= 11 is 0. The minimum atomic E-state index is -0.492. The van der Waals surface area contributed by atoms with Gasteiger partial charge < -0.3 is 10.1 Å². The first-order chi connectivity index (χ1) is 7.91. The van der Waals surface area contributed by atoms with Gasteiger partial charge in [0, 0.05) is 19.2 Å². The molecule has 1 aliphatic carbocycles. The average Bonchev–Trinajstić information content (AvgIpc) is 2.28. The van der Waals surface area contributed by atoms with Crippen LogP contribution in [0.15, 0.2) is 0 Å². The third-order valence-electron chi connectivity index (χ3n) is 4.17. The van der Waals surface area contributed by atoms with Crippen molar-refractivity contribution in [3.05, 3.63) is 0 Å². The minimum absolute atomic E-state index is 0.183. The highest BCUT2D eigenvalue weighted by Gasteiger charge is 2.40. The first-order valence-corrected chi connectivity index (χ1v) is 6.73. The summed E-state index contributed by atoms with van der Waals surface area (Å²) in [7, 11) is 1.66. The van der Waals surface area contributed by atoms with Gasteiger partial charge in [-0.3, -0.25) is 4.79 Å². The molecule has 1 fully saturated rings. The van der Waals surface area contributed by atoms with Gasteiger partial charge in [-0.2, -0.15) is 0 Å². The summed E-state index contributed by atoms with van der Waals surface area (Å²) in [4.78, 5) is 11.7. The Kier molecular flexibility index (Phi) is 5.14. The van der Waals surface area contributed by atoms with Gasteiger partial charge >= 0.3 is 0 Å². The molecule has 1 rings (SSSR count). The van der Waals surface area contributed by atoms with Crippen LogP contribution in [0.3, 0.4) is 0 Å². The monoisotopic (exact) mass is 241 g/mol. The fourth-order valence-electron chi connectivity index (χ4n) is 2.97. The van der Waals surface area contributed by atoms with Crippen molar-refractivity contribution in [3.63, 3.8) is 0 Å². The molecule has 3 nitrogen and oxygen atoms in total. The largest absolute Gasteiger partial charge is 0.370 e. The third-order valence-corrected chi connectivity index (χ3v) is 4.17. The van der Waals surface area contributed by atoms with Crippen molar-refractivity contribution in [1.82, 2.24) is 5.32 Å². The van der Waals surface area contributed by atoms with Crippen molar-refractivity contribution >= 4 is 5.78 Å². The number of ether oxygens (including phenoxy) is 1. The first-order valence-electron chi connectivity index (χ1n) is 6.73. The molecule has 0 aromatic carbocycles. The third kappa shape index (κ3) is 3.52. The van der Waals surface area contributed by atoms with Gasteiger partial charge in [-0.05, 0) is 45.4 Å². The lowest BCUT2D eigenvalue weighted by Crippen LogP contribution is -2.47. The van der Waals surface area contributed by atoms with Gasteiger partial charge in [-0.15, -0.1) is 0 Å². The van der Waals surface area contributed by atoms with Crippen molar-refractivity contribution in [2.24, 2.45) is 5.92 Å². The Balaban J connectivity index is 2.52. The van der Waals surface area contributed by atoms with E-state index >= 15 is 0 Å². The van der Waals surface area contributed by atoms with E-state index in [-0.39, 0.29) is 5.78 Å². The second-order valence-electron chi connectivity index (χ2n) is 5.70. The van der Waals surface area contributed by atoms with E-state index in [4.69, 9.17) is 4.74 Å². The molecule has 0 heterocycles. The number of hydrogen-bond acceptors (Lipinski definition) is 3. The van der Waals surface area contributed by atoms with Crippen LogP contribution < -0.4 is 5.32 Å². The van der Waals surface area contributed by atoms with E-state index in [1.807, 2.05) is 0 Å². The predicted molar refractivity (Wildman–Crippen MR) is 70.1 cm³/mol. The number of carbonyl (C=O) groups is 1. The molecule has 1 unspecified atom stereocenters. The summed E-state index contributed by atoms with van der Waals surface area (Å²) in [6, 6.07) is 1.05. The molecule has 1 aliphatic rings. The Morgan fingerprint density at radius 3 is 2.18 bits per heavy atom. The van der Waals surface area contributed by atoms with E-state index in [2.05, 4.69) is 26.1 Å². The van der Waals surface area contributed by atoms with Crippen LogP contribution in [0.1, 0.15) is 53.4 Å². The smallest absolute Gasteiger partial charge is 0.161 e. The van der Waals surface area contributed by atoms with Crippen LogP contribution in [0, 0.1) is 5.92 Å². The Labute approximate surface area is 105 Å². The molecule has 1 saturated carbocycles. The van der Waals surface area contributed by atoms with E-state index in [1.54, 1.807) is 14.0 Å². The molecule has 0 spiro atoms. The Morgan fingerprint density at radius 2 is 1.82 bits per heavy atom. The van der Waals surface area contributed by atoms with Crippen LogP contribution in [0.2, 0.25) is 0 Å². The highest BCUT2D eigenvalue weighted by molar-refractivity contribution is 5.85. The topological polar surface area (TPSA) is 38.3 Å². The second kappa shape index (κ2) is 5.96. The minimum Gasteiger partial charge on any atom is -0.370 e. The molecule has 0 aromatic rings. The second-order valence-corrected chi connectivity index (χ2v) is 5.70. The number of nitrogens with one attached hydrogen (secondary N) is 1. The van der Waals surface area contributed by atoms with Gasteiger partial charge in [0.05, 0.1) is 0 Å². The highest BCUT2D eigenvalue weighted by atomic mass is 16.5. The lowest BCUT2D eigenvalue weighted by Gasteiger charge is -2.39. The maximum Gasteiger partial charge on any atom is 0.161 e. The Hall–Kier alpha value is -0.410. The van der Waals surface area contributed by atoms with Crippen molar-refractivity contribution in [1.29, 1.82) is 0 Å².